The van der Waals surface area contributed by atoms with E-state index in [0.717, 1.165) is 0 Å². The van der Waals surface area contributed by atoms with Gasteiger partial charge in [-0.3, -0.25) is 0 Å². The summed E-state index contributed by atoms with van der Waals surface area (Å²) in [7, 11) is 0. The van der Waals surface area contributed by atoms with E-state index in [1.807, 2.05) is 0 Å². The molecule has 1 heterocycles. The number of halogens is 4. The summed E-state index contributed by atoms with van der Waals surface area (Å²) in [6.07, 6.45) is 0. The van der Waals surface area contributed by atoms with E-state index >= 15 is 0 Å². The molecule has 0 unspecified atom stereocenters. The molecule has 0 saturated carbocycles. The van der Waals surface area contributed by atoms with Crippen LogP contribution in [-0.4, -0.2) is 4.98 Å². The Morgan fingerprint density at radius 2 is 1.31 bits per heavy atom. The van der Waals surface area contributed by atoms with E-state index in [-0.39, 0.29) is 0 Å². The highest BCUT2D eigenvalue weighted by molar-refractivity contribution is 5.20. The van der Waals surface area contributed by atoms with Gasteiger partial charge in [0.05, 0.1) is 0 Å². The molecule has 0 spiro atoms. The second-order valence-corrected chi connectivity index (χ2v) is 2.89. The predicted octanol–water partition coefficient (Wildman–Crippen LogP) is 2.76. The van der Waals surface area contributed by atoms with Crippen LogP contribution in [0.4, 0.5) is 17.6 Å². The Morgan fingerprint density at radius 3 is 1.62 bits per heavy atom. The van der Waals surface area contributed by atoms with Gasteiger partial charge >= 0.3 is 0 Å². The fraction of sp³-hybridized carbons (Fsp3) is 0.375. The van der Waals surface area contributed by atoms with E-state index < -0.39 is 35.0 Å². The van der Waals surface area contributed by atoms with Crippen molar-refractivity contribution < 1.29 is 17.6 Å². The Hall–Kier alpha value is -1.13. The standard InChI is InChI=1S/C8H7F4N/c1-3(2)4-5(9)7(11)13-8(12)6(4)10/h3H,1-2H3. The third-order valence-electron chi connectivity index (χ3n) is 1.61. The smallest absolute Gasteiger partial charge is 0.202 e. The van der Waals surface area contributed by atoms with Crippen molar-refractivity contribution in [2.45, 2.75) is 19.8 Å². The molecule has 0 saturated heterocycles. The zero-order valence-electron chi connectivity index (χ0n) is 7.04. The van der Waals surface area contributed by atoms with Crippen molar-refractivity contribution >= 4 is 0 Å². The lowest BCUT2D eigenvalue weighted by molar-refractivity contribution is 0.390. The molecule has 0 aliphatic carbocycles. The Labute approximate surface area is 72.4 Å². The van der Waals surface area contributed by atoms with Crippen molar-refractivity contribution in [3.05, 3.63) is 29.1 Å². The van der Waals surface area contributed by atoms with Crippen LogP contribution >= 0.6 is 0 Å². The highest BCUT2D eigenvalue weighted by Gasteiger charge is 2.22. The van der Waals surface area contributed by atoms with Gasteiger partial charge in [0, 0.05) is 5.56 Å². The van der Waals surface area contributed by atoms with Gasteiger partial charge in [-0.15, -0.1) is 0 Å². The van der Waals surface area contributed by atoms with E-state index in [2.05, 4.69) is 4.98 Å². The Balaban J connectivity index is 3.46. The van der Waals surface area contributed by atoms with E-state index in [1.165, 1.54) is 13.8 Å². The minimum Gasteiger partial charge on any atom is -0.202 e. The number of rotatable bonds is 1. The van der Waals surface area contributed by atoms with Crippen molar-refractivity contribution in [2.75, 3.05) is 0 Å². The highest BCUT2D eigenvalue weighted by atomic mass is 19.2. The molecule has 1 nitrogen and oxygen atoms in total. The van der Waals surface area contributed by atoms with E-state index in [0.29, 0.717) is 0 Å². The molecule has 5 heteroatoms. The van der Waals surface area contributed by atoms with Gasteiger partial charge in [-0.1, -0.05) is 13.8 Å². The third-order valence-corrected chi connectivity index (χ3v) is 1.61. The molecule has 1 aromatic rings. The molecule has 72 valence electrons. The maximum atomic E-state index is 12.8. The fourth-order valence-corrected chi connectivity index (χ4v) is 1.01. The molecular formula is C8H7F4N. The maximum absolute atomic E-state index is 12.8. The summed E-state index contributed by atoms with van der Waals surface area (Å²) in [6, 6.07) is 0. The van der Waals surface area contributed by atoms with Crippen LogP contribution in [0.5, 0.6) is 0 Å². The SMILES string of the molecule is CC(C)c1c(F)c(F)nc(F)c1F. The lowest BCUT2D eigenvalue weighted by Gasteiger charge is -2.08. The van der Waals surface area contributed by atoms with Gasteiger partial charge in [-0.05, 0) is 5.92 Å². The van der Waals surface area contributed by atoms with Gasteiger partial charge in [0.25, 0.3) is 11.9 Å². The Morgan fingerprint density at radius 1 is 0.923 bits per heavy atom. The van der Waals surface area contributed by atoms with Crippen LogP contribution in [0, 0.1) is 23.5 Å². The van der Waals surface area contributed by atoms with Crippen LogP contribution in [0.3, 0.4) is 0 Å². The van der Waals surface area contributed by atoms with Crippen LogP contribution < -0.4 is 0 Å². The first-order chi connectivity index (χ1) is 5.95. The zero-order chi connectivity index (χ0) is 10.2. The van der Waals surface area contributed by atoms with Gasteiger partial charge in [0.2, 0.25) is 0 Å². The first-order valence-corrected chi connectivity index (χ1v) is 3.65. The topological polar surface area (TPSA) is 12.9 Å². The lowest BCUT2D eigenvalue weighted by atomic mass is 10.0. The van der Waals surface area contributed by atoms with Crippen molar-refractivity contribution in [3.63, 3.8) is 0 Å². The zero-order valence-corrected chi connectivity index (χ0v) is 7.04. The summed E-state index contributed by atoms with van der Waals surface area (Å²) in [5.41, 5.74) is -0.606. The predicted molar refractivity (Wildman–Crippen MR) is 38.2 cm³/mol. The molecular weight excluding hydrogens is 186 g/mol. The molecule has 0 aliphatic rings. The van der Waals surface area contributed by atoms with Gasteiger partial charge < -0.3 is 0 Å². The maximum Gasteiger partial charge on any atom is 0.252 e. The molecule has 1 aromatic heterocycles. The number of hydrogen-bond acceptors (Lipinski definition) is 1. The van der Waals surface area contributed by atoms with Crippen LogP contribution in [0.2, 0.25) is 0 Å². The molecule has 0 amide bonds. The monoisotopic (exact) mass is 193 g/mol. The highest BCUT2D eigenvalue weighted by Crippen LogP contribution is 2.23. The Bertz CT molecular complexity index is 309. The second kappa shape index (κ2) is 3.32. The van der Waals surface area contributed by atoms with Crippen molar-refractivity contribution in [2.24, 2.45) is 0 Å². The van der Waals surface area contributed by atoms with E-state index in [4.69, 9.17) is 0 Å². The van der Waals surface area contributed by atoms with Crippen molar-refractivity contribution in [1.82, 2.24) is 4.98 Å². The first kappa shape index (κ1) is 9.95. The van der Waals surface area contributed by atoms with Gasteiger partial charge in [-0.25, -0.2) is 8.78 Å². The second-order valence-electron chi connectivity index (χ2n) is 2.89. The molecule has 0 atom stereocenters. The fourth-order valence-electron chi connectivity index (χ4n) is 1.01. The number of aromatic nitrogens is 1. The summed E-state index contributed by atoms with van der Waals surface area (Å²) in [5.74, 6) is -6.69. The average Bonchev–Trinajstić information content (AvgIpc) is 2.01. The molecule has 1 rings (SSSR count). The van der Waals surface area contributed by atoms with Crippen LogP contribution in [0.1, 0.15) is 25.3 Å². The largest absolute Gasteiger partial charge is 0.252 e. The molecule has 0 fully saturated rings. The van der Waals surface area contributed by atoms with Crippen molar-refractivity contribution in [1.29, 1.82) is 0 Å². The number of pyridine rings is 1. The first-order valence-electron chi connectivity index (χ1n) is 3.65. The molecule has 0 bridgehead atoms. The number of hydrogen-bond donors (Lipinski definition) is 0. The summed E-state index contributed by atoms with van der Waals surface area (Å²) < 4.78 is 50.7. The van der Waals surface area contributed by atoms with Crippen LogP contribution in [-0.2, 0) is 0 Å². The molecule has 0 aromatic carbocycles. The normalized spacial score (nSPS) is 11.0. The van der Waals surface area contributed by atoms with E-state index in [9.17, 15) is 17.6 Å². The van der Waals surface area contributed by atoms with Gasteiger partial charge in [-0.2, -0.15) is 13.8 Å². The molecule has 13 heavy (non-hydrogen) atoms. The van der Waals surface area contributed by atoms with Crippen LogP contribution in [0.15, 0.2) is 0 Å². The van der Waals surface area contributed by atoms with Gasteiger partial charge in [0.15, 0.2) is 11.6 Å². The Kier molecular flexibility index (Phi) is 2.54. The number of nitrogens with zero attached hydrogens (tertiary/aromatic N) is 1. The lowest BCUT2D eigenvalue weighted by Crippen LogP contribution is -2.07. The minimum absolute atomic E-state index is 0.606. The van der Waals surface area contributed by atoms with Gasteiger partial charge in [0.1, 0.15) is 0 Å². The molecule has 0 radical (unpaired) electrons. The average molecular weight is 193 g/mol. The summed E-state index contributed by atoms with van der Waals surface area (Å²) in [4.78, 5) is 2.43. The van der Waals surface area contributed by atoms with E-state index in [1.54, 1.807) is 0 Å². The summed E-state index contributed by atoms with van der Waals surface area (Å²) in [5, 5.41) is 0. The summed E-state index contributed by atoms with van der Waals surface area (Å²) in [6.45, 7) is 2.86. The minimum atomic E-state index is -1.61. The third kappa shape index (κ3) is 1.64. The molecule has 0 N–H and O–H groups in total. The van der Waals surface area contributed by atoms with Crippen LogP contribution in [0.25, 0.3) is 0 Å². The molecule has 0 aliphatic heterocycles. The quantitative estimate of drug-likeness (QED) is 0.493. The summed E-state index contributed by atoms with van der Waals surface area (Å²) >= 11 is 0. The van der Waals surface area contributed by atoms with Crippen molar-refractivity contribution in [3.8, 4) is 0 Å².